The van der Waals surface area contributed by atoms with Gasteiger partial charge in [0.2, 0.25) is 17.7 Å². The molecule has 1 aliphatic heterocycles. The fourth-order valence-corrected chi connectivity index (χ4v) is 3.85. The van der Waals surface area contributed by atoms with Gasteiger partial charge < -0.3 is 5.32 Å². The Hall–Kier alpha value is -2.43. The molecule has 0 bridgehead atoms. The molecule has 3 rings (SSSR count). The van der Waals surface area contributed by atoms with E-state index in [-0.39, 0.29) is 42.5 Å². The van der Waals surface area contributed by atoms with Gasteiger partial charge in [0.15, 0.2) is 0 Å². The first-order chi connectivity index (χ1) is 12.4. The van der Waals surface area contributed by atoms with Gasteiger partial charge in [0.05, 0.1) is 11.8 Å². The van der Waals surface area contributed by atoms with Crippen molar-refractivity contribution in [2.75, 3.05) is 11.9 Å². The van der Waals surface area contributed by atoms with Crippen molar-refractivity contribution in [2.45, 2.75) is 46.0 Å². The van der Waals surface area contributed by atoms with Crippen molar-refractivity contribution in [1.82, 2.24) is 4.90 Å². The van der Waals surface area contributed by atoms with E-state index in [2.05, 4.69) is 19.2 Å². The first-order valence-corrected chi connectivity index (χ1v) is 9.29. The predicted octanol–water partition coefficient (Wildman–Crippen LogP) is 3.40. The van der Waals surface area contributed by atoms with Crippen molar-refractivity contribution in [1.29, 1.82) is 0 Å². The van der Waals surface area contributed by atoms with Crippen LogP contribution >= 0.6 is 0 Å². The number of allylic oxidation sites excluding steroid dienone is 2. The maximum Gasteiger partial charge on any atom is 0.233 e. The van der Waals surface area contributed by atoms with E-state index in [1.807, 2.05) is 37.3 Å². The minimum Gasteiger partial charge on any atom is -0.326 e. The third-order valence-corrected chi connectivity index (χ3v) is 5.35. The van der Waals surface area contributed by atoms with Crippen LogP contribution in [0.5, 0.6) is 0 Å². The summed E-state index contributed by atoms with van der Waals surface area (Å²) < 4.78 is 0. The Kier molecular flexibility index (Phi) is 5.25. The quantitative estimate of drug-likeness (QED) is 0.651. The second-order valence-corrected chi connectivity index (χ2v) is 7.48. The molecule has 0 radical (unpaired) electrons. The van der Waals surface area contributed by atoms with E-state index in [1.165, 1.54) is 4.90 Å². The van der Waals surface area contributed by atoms with E-state index >= 15 is 0 Å². The van der Waals surface area contributed by atoms with Crippen LogP contribution in [0.3, 0.4) is 0 Å². The van der Waals surface area contributed by atoms with Crippen LogP contribution in [0.1, 0.15) is 50.2 Å². The van der Waals surface area contributed by atoms with Crippen LogP contribution in [0.15, 0.2) is 30.4 Å². The Labute approximate surface area is 154 Å². The lowest BCUT2D eigenvalue weighted by Crippen LogP contribution is -2.34. The van der Waals surface area contributed by atoms with Crippen LogP contribution in [0, 0.1) is 18.8 Å². The van der Waals surface area contributed by atoms with Gasteiger partial charge in [-0.3, -0.25) is 19.3 Å². The van der Waals surface area contributed by atoms with Gasteiger partial charge in [-0.05, 0) is 36.8 Å². The monoisotopic (exact) mass is 354 g/mol. The Bertz CT molecular complexity index is 741. The van der Waals surface area contributed by atoms with Gasteiger partial charge in [0, 0.05) is 18.7 Å². The maximum absolute atomic E-state index is 12.5. The number of aryl methyl sites for hydroxylation is 1. The van der Waals surface area contributed by atoms with Crippen molar-refractivity contribution < 1.29 is 14.4 Å². The lowest BCUT2D eigenvalue weighted by molar-refractivity contribution is -0.140. The fourth-order valence-electron chi connectivity index (χ4n) is 3.85. The van der Waals surface area contributed by atoms with E-state index in [9.17, 15) is 14.4 Å². The standard InChI is InChI=1S/C21H26N2O3/c1-13(2)15-10-6-7-14(3)19(15)22-18(24)11-12-23-20(25)16-8-4-5-9-17(16)21(23)26/h4-7,10,13,16-17H,8-9,11-12H2,1-3H3,(H,22,24)/t16-,17-/m0/s1. The first kappa shape index (κ1) is 18.4. The van der Waals surface area contributed by atoms with E-state index in [0.29, 0.717) is 18.8 Å². The van der Waals surface area contributed by atoms with Gasteiger partial charge in [-0.15, -0.1) is 0 Å². The molecular weight excluding hydrogens is 328 g/mol. The molecule has 1 fully saturated rings. The van der Waals surface area contributed by atoms with E-state index in [0.717, 1.165) is 16.8 Å². The van der Waals surface area contributed by atoms with E-state index in [1.54, 1.807) is 0 Å². The highest BCUT2D eigenvalue weighted by Crippen LogP contribution is 2.35. The number of nitrogens with zero attached hydrogens (tertiary/aromatic N) is 1. The molecule has 2 atom stereocenters. The van der Waals surface area contributed by atoms with Crippen molar-refractivity contribution >= 4 is 23.4 Å². The molecule has 26 heavy (non-hydrogen) atoms. The summed E-state index contributed by atoms with van der Waals surface area (Å²) in [4.78, 5) is 38.6. The molecule has 1 saturated heterocycles. The molecule has 138 valence electrons. The molecule has 2 aliphatic rings. The molecule has 1 N–H and O–H groups in total. The first-order valence-electron chi connectivity index (χ1n) is 9.29. The molecule has 0 aromatic heterocycles. The van der Waals surface area contributed by atoms with E-state index in [4.69, 9.17) is 0 Å². The predicted molar refractivity (Wildman–Crippen MR) is 101 cm³/mol. The number of carbonyl (C=O) groups excluding carboxylic acids is 3. The summed E-state index contributed by atoms with van der Waals surface area (Å²) in [5.74, 6) is -0.608. The summed E-state index contributed by atoms with van der Waals surface area (Å²) >= 11 is 0. The topological polar surface area (TPSA) is 66.5 Å². The summed E-state index contributed by atoms with van der Waals surface area (Å²) in [5.41, 5.74) is 2.93. The second-order valence-electron chi connectivity index (χ2n) is 7.48. The largest absolute Gasteiger partial charge is 0.326 e. The average molecular weight is 354 g/mol. The van der Waals surface area contributed by atoms with Crippen molar-refractivity contribution in [2.24, 2.45) is 11.8 Å². The molecule has 1 aliphatic carbocycles. The molecule has 3 amide bonds. The Morgan fingerprint density at radius 3 is 2.35 bits per heavy atom. The van der Waals surface area contributed by atoms with Gasteiger partial charge in [-0.25, -0.2) is 0 Å². The van der Waals surface area contributed by atoms with Crippen LogP contribution in [-0.2, 0) is 14.4 Å². The molecule has 0 spiro atoms. The summed E-state index contributed by atoms with van der Waals surface area (Å²) in [7, 11) is 0. The van der Waals surface area contributed by atoms with Crippen LogP contribution in [0.4, 0.5) is 5.69 Å². The van der Waals surface area contributed by atoms with E-state index < -0.39 is 0 Å². The molecule has 0 saturated carbocycles. The van der Waals surface area contributed by atoms with Crippen LogP contribution in [0.25, 0.3) is 0 Å². The maximum atomic E-state index is 12.5. The molecule has 1 aromatic carbocycles. The lowest BCUT2D eigenvalue weighted by Gasteiger charge is -2.18. The van der Waals surface area contributed by atoms with Gasteiger partial charge >= 0.3 is 0 Å². The smallest absolute Gasteiger partial charge is 0.233 e. The van der Waals surface area contributed by atoms with Gasteiger partial charge in [-0.2, -0.15) is 0 Å². The number of hydrogen-bond acceptors (Lipinski definition) is 3. The summed E-state index contributed by atoms with van der Waals surface area (Å²) in [6.45, 7) is 6.29. The lowest BCUT2D eigenvalue weighted by atomic mass is 9.85. The van der Waals surface area contributed by atoms with Crippen molar-refractivity contribution in [3.05, 3.63) is 41.5 Å². The summed E-state index contributed by atoms with van der Waals surface area (Å²) in [5, 5.41) is 2.98. The SMILES string of the molecule is Cc1cccc(C(C)C)c1NC(=O)CCN1C(=O)[C@H]2CC=CC[C@@H]2C1=O. The van der Waals surface area contributed by atoms with Gasteiger partial charge in [0.25, 0.3) is 0 Å². The molecule has 0 unspecified atom stereocenters. The Balaban J connectivity index is 1.64. The number of imide groups is 1. The Morgan fingerprint density at radius 1 is 1.15 bits per heavy atom. The third-order valence-electron chi connectivity index (χ3n) is 5.35. The summed E-state index contributed by atoms with van der Waals surface area (Å²) in [6.07, 6.45) is 5.30. The highest BCUT2D eigenvalue weighted by atomic mass is 16.2. The zero-order chi connectivity index (χ0) is 18.8. The number of fused-ring (bicyclic) bond motifs is 1. The van der Waals surface area contributed by atoms with Crippen molar-refractivity contribution in [3.8, 4) is 0 Å². The highest BCUT2D eigenvalue weighted by molar-refractivity contribution is 6.06. The summed E-state index contributed by atoms with van der Waals surface area (Å²) in [6, 6.07) is 5.96. The number of likely N-dealkylation sites (tertiary alicyclic amines) is 1. The van der Waals surface area contributed by atoms with Gasteiger partial charge in [0.1, 0.15) is 0 Å². The van der Waals surface area contributed by atoms with Crippen LogP contribution in [-0.4, -0.2) is 29.2 Å². The molecule has 5 heteroatoms. The van der Waals surface area contributed by atoms with Gasteiger partial charge in [-0.1, -0.05) is 44.2 Å². The normalized spacial score (nSPS) is 22.1. The fraction of sp³-hybridized carbons (Fsp3) is 0.476. The average Bonchev–Trinajstić information content (AvgIpc) is 2.86. The molecular formula is C21H26N2O3. The number of rotatable bonds is 5. The van der Waals surface area contributed by atoms with Crippen molar-refractivity contribution in [3.63, 3.8) is 0 Å². The number of hydrogen-bond donors (Lipinski definition) is 1. The number of benzene rings is 1. The number of carbonyl (C=O) groups is 3. The number of para-hydroxylation sites is 1. The molecule has 5 nitrogen and oxygen atoms in total. The van der Waals surface area contributed by atoms with Crippen LogP contribution < -0.4 is 5.32 Å². The zero-order valence-corrected chi connectivity index (χ0v) is 15.6. The number of amides is 3. The minimum absolute atomic E-state index is 0.121. The van der Waals surface area contributed by atoms with Crippen LogP contribution in [0.2, 0.25) is 0 Å². The Morgan fingerprint density at radius 2 is 1.77 bits per heavy atom. The third kappa shape index (κ3) is 3.43. The zero-order valence-electron chi connectivity index (χ0n) is 15.6. The minimum atomic E-state index is -0.237. The molecule has 1 aromatic rings. The number of anilines is 1. The number of nitrogens with one attached hydrogen (secondary N) is 1. The molecule has 1 heterocycles. The second kappa shape index (κ2) is 7.44. The highest BCUT2D eigenvalue weighted by Gasteiger charge is 2.46.